The van der Waals surface area contributed by atoms with E-state index < -0.39 is 0 Å². The second-order valence-electron chi connectivity index (χ2n) is 0. The molecule has 0 rings (SSSR count). The van der Waals surface area contributed by atoms with Crippen molar-refractivity contribution in [1.29, 1.82) is 0 Å². The molecule has 0 radical (unpaired) electrons. The quantitative estimate of drug-likeness (QED) is 0.455. The fraction of sp³-hybridized carbons (Fsp3) is 0. The van der Waals surface area contributed by atoms with Gasteiger partial charge in [-0.15, -0.1) is 0 Å². The van der Waals surface area contributed by atoms with Gasteiger partial charge in [0.15, 0.2) is 0 Å². The van der Waals surface area contributed by atoms with Crippen LogP contribution >= 0.6 is 0 Å². The molecule has 0 aromatic rings. The minimum Gasteiger partial charge on any atom is 0 e. The van der Waals surface area contributed by atoms with Gasteiger partial charge in [0.25, 0.3) is 0 Å². The van der Waals surface area contributed by atoms with Gasteiger partial charge in [0.2, 0.25) is 0 Å². The standard InChI is InChI=1S/Mg.O.Zn.Zr.2H. The van der Waals surface area contributed by atoms with Gasteiger partial charge in [0, 0.05) is 19.5 Å². The van der Waals surface area contributed by atoms with Crippen molar-refractivity contribution >= 4 is 23.1 Å². The fourth-order valence-electron chi connectivity index (χ4n) is 0. The summed E-state index contributed by atoms with van der Waals surface area (Å²) in [5.41, 5.74) is 0. The minimum absolute atomic E-state index is 0. The second-order valence-corrected chi connectivity index (χ2v) is 0. The van der Waals surface area contributed by atoms with Crippen LogP contribution in [0.15, 0.2) is 0 Å². The normalized spacial score (nSPS) is 0.750. The molecule has 0 N–H and O–H groups in total. The number of rotatable bonds is 0. The van der Waals surface area contributed by atoms with Crippen molar-refractivity contribution in [3.8, 4) is 0 Å². The molecule has 0 unspecified atom stereocenters. The van der Waals surface area contributed by atoms with Crippen LogP contribution < -0.4 is 0 Å². The summed E-state index contributed by atoms with van der Waals surface area (Å²) in [5.74, 6) is 0. The van der Waals surface area contributed by atoms with Crippen molar-refractivity contribution < 1.29 is 47.0 Å². The zero-order valence-corrected chi connectivity index (χ0v) is 7.04. The molecule has 0 heterocycles. The van der Waals surface area contributed by atoms with E-state index in [2.05, 4.69) is 0 Å². The van der Waals surface area contributed by atoms with Crippen molar-refractivity contribution in [1.82, 2.24) is 0 Å². The van der Waals surface area contributed by atoms with Crippen LogP contribution in [-0.4, -0.2) is 23.1 Å². The minimum atomic E-state index is 0. The van der Waals surface area contributed by atoms with Gasteiger partial charge < -0.3 is 0 Å². The summed E-state index contributed by atoms with van der Waals surface area (Å²) in [7, 11) is 0. The molecule has 4 heteroatoms. The first-order chi connectivity index (χ1) is 1.00. The van der Waals surface area contributed by atoms with E-state index in [0.717, 1.165) is 0 Å². The summed E-state index contributed by atoms with van der Waals surface area (Å²) >= 11 is 0.300. The van der Waals surface area contributed by atoms with Gasteiger partial charge in [0.1, 0.15) is 0 Å². The fourth-order valence-corrected chi connectivity index (χ4v) is 0. The second kappa shape index (κ2) is 19.6. The summed E-state index contributed by atoms with van der Waals surface area (Å²) < 4.78 is 8.34. The zero-order valence-electron chi connectivity index (χ0n) is 1.62. The topological polar surface area (TPSA) is 17.1 Å². The molecule has 0 bridgehead atoms. The smallest absolute Gasteiger partial charge is 0 e. The number of hydrogen-bond acceptors (Lipinski definition) is 1. The summed E-state index contributed by atoms with van der Waals surface area (Å²) in [4.78, 5) is 0. The van der Waals surface area contributed by atoms with Gasteiger partial charge in [-0.05, 0) is 0 Å². The first-order valence-corrected chi connectivity index (χ1v) is 1.21. The van der Waals surface area contributed by atoms with E-state index in [4.69, 9.17) is 2.81 Å². The first-order valence-electron chi connectivity index (χ1n) is 0.204. The van der Waals surface area contributed by atoms with Gasteiger partial charge in [-0.25, -0.2) is 0 Å². The predicted molar refractivity (Wildman–Crippen MR) is 9.23 cm³/mol. The number of hydrogen-bond donors (Lipinski definition) is 0. The van der Waals surface area contributed by atoms with Crippen LogP contribution in [0.2, 0.25) is 0 Å². The molecule has 4 heavy (non-hydrogen) atoms. The van der Waals surface area contributed by atoms with E-state index in [9.17, 15) is 0 Å². The van der Waals surface area contributed by atoms with Crippen LogP contribution in [0.25, 0.3) is 0 Å². The summed E-state index contributed by atoms with van der Waals surface area (Å²) in [5, 5.41) is 0. The maximum absolute atomic E-state index is 8.34. The molecule has 0 aliphatic rings. The molecule has 0 amide bonds. The maximum atomic E-state index is 8.34. The summed E-state index contributed by atoms with van der Waals surface area (Å²) in [6.45, 7) is 0. The van der Waals surface area contributed by atoms with Crippen LogP contribution in [0.4, 0.5) is 0 Å². The molecule has 0 atom stereocenters. The van der Waals surface area contributed by atoms with Gasteiger partial charge in [0.05, 0.1) is 0 Å². The van der Waals surface area contributed by atoms with Crippen LogP contribution in [0.1, 0.15) is 0 Å². The van der Waals surface area contributed by atoms with Crippen LogP contribution in [-0.2, 0) is 47.0 Å². The van der Waals surface area contributed by atoms with E-state index >= 15 is 0 Å². The molecule has 0 saturated carbocycles. The molecule has 0 aromatic carbocycles. The maximum Gasteiger partial charge on any atom is 0 e. The summed E-state index contributed by atoms with van der Waals surface area (Å²) in [6, 6.07) is 0. The molecule has 0 saturated heterocycles. The third-order valence-electron chi connectivity index (χ3n) is 0. The van der Waals surface area contributed by atoms with E-state index in [1.807, 2.05) is 0 Å². The Kier molecular flexibility index (Phi) is 81.0. The van der Waals surface area contributed by atoms with E-state index in [1.165, 1.54) is 0 Å². The Morgan fingerprint density at radius 1 is 1.25 bits per heavy atom. The van der Waals surface area contributed by atoms with Gasteiger partial charge in [-0.3, -0.25) is 0 Å². The van der Waals surface area contributed by atoms with Crippen molar-refractivity contribution in [2.24, 2.45) is 0 Å². The van der Waals surface area contributed by atoms with E-state index in [-0.39, 0.29) is 42.5 Å². The van der Waals surface area contributed by atoms with Crippen molar-refractivity contribution in [3.63, 3.8) is 0 Å². The Balaban J connectivity index is -0.00000000500. The van der Waals surface area contributed by atoms with Gasteiger partial charge in [-0.2, -0.15) is 0 Å². The third kappa shape index (κ3) is 8.95. The predicted octanol–water partition coefficient (Wildman–Crippen LogP) is -1.04. The SMILES string of the molecule is [MgH2].[O]=[Zr].[Zn]. The molecular formula is H2MgOZnZr. The van der Waals surface area contributed by atoms with Crippen molar-refractivity contribution in [3.05, 3.63) is 0 Å². The summed E-state index contributed by atoms with van der Waals surface area (Å²) in [6.07, 6.45) is 0. The van der Waals surface area contributed by atoms with E-state index in [1.54, 1.807) is 0 Å². The average Bonchev–Trinajstić information content (AvgIpc) is 1.00. The first kappa shape index (κ1) is 16.6. The van der Waals surface area contributed by atoms with Crippen LogP contribution in [0.3, 0.4) is 0 Å². The Hall–Kier alpha value is 2.07. The Labute approximate surface area is 69.1 Å². The average molecular weight is 199 g/mol. The molecule has 0 spiro atoms. The van der Waals surface area contributed by atoms with Crippen LogP contribution in [0, 0.1) is 0 Å². The molecule has 0 aromatic heterocycles. The van der Waals surface area contributed by atoms with E-state index in [0.29, 0.717) is 24.7 Å². The monoisotopic (exact) mass is 196 g/mol. The molecule has 0 aliphatic carbocycles. The Morgan fingerprint density at radius 3 is 1.25 bits per heavy atom. The molecule has 0 aliphatic heterocycles. The molecule has 1 nitrogen and oxygen atoms in total. The zero-order chi connectivity index (χ0) is 2.00. The molecule has 0 fully saturated rings. The van der Waals surface area contributed by atoms with Crippen molar-refractivity contribution in [2.45, 2.75) is 0 Å². The Morgan fingerprint density at radius 2 is 1.25 bits per heavy atom. The van der Waals surface area contributed by atoms with Crippen LogP contribution in [0.5, 0.6) is 0 Å². The molecule has 16 valence electrons. The van der Waals surface area contributed by atoms with Crippen molar-refractivity contribution in [2.75, 3.05) is 0 Å². The van der Waals surface area contributed by atoms with Gasteiger partial charge in [-0.1, -0.05) is 0 Å². The van der Waals surface area contributed by atoms with Gasteiger partial charge >= 0.3 is 50.6 Å². The Bertz CT molecular complexity index is 8.00. The third-order valence-corrected chi connectivity index (χ3v) is 0. The molecular weight excluding hydrogens is 197 g/mol. The largest absolute Gasteiger partial charge is 0 e.